The van der Waals surface area contributed by atoms with Gasteiger partial charge in [-0.15, -0.1) is 24.0 Å². The first-order valence-electron chi connectivity index (χ1n) is 4.52. The molecule has 0 amide bonds. The second-order valence-electron chi connectivity index (χ2n) is 3.11. The quantitative estimate of drug-likeness (QED) is 0.446. The largest absolute Gasteiger partial charge is 0.465 e. The Morgan fingerprint density at radius 3 is 2.21 bits per heavy atom. The second-order valence-corrected chi connectivity index (χ2v) is 5.61. The fourth-order valence-corrected chi connectivity index (χ4v) is 2.46. The van der Waals surface area contributed by atoms with Gasteiger partial charge < -0.3 is 9.47 Å². The Bertz CT molecular complexity index is 224. The van der Waals surface area contributed by atoms with Crippen LogP contribution in [0.2, 0.25) is 0 Å². The summed E-state index contributed by atoms with van der Waals surface area (Å²) in [5.41, 5.74) is 0. The van der Waals surface area contributed by atoms with Gasteiger partial charge in [0.25, 0.3) is 0 Å². The highest BCUT2D eigenvalue weighted by atomic mass is 32.2. The lowest BCUT2D eigenvalue weighted by molar-refractivity contribution is -0.145. The van der Waals surface area contributed by atoms with E-state index in [0.29, 0.717) is 17.6 Å². The molecule has 3 nitrogen and oxygen atoms in total. The molecule has 14 heavy (non-hydrogen) atoms. The molecule has 0 atom stereocenters. The number of rotatable bonds is 4. The van der Waals surface area contributed by atoms with Crippen LogP contribution in [0.1, 0.15) is 27.7 Å². The molecular weight excluding hydrogens is 220 g/mol. The average Bonchev–Trinajstić information content (AvgIpc) is 2.03. The highest BCUT2D eigenvalue weighted by Crippen LogP contribution is 2.21. The van der Waals surface area contributed by atoms with Crippen LogP contribution in [0.15, 0.2) is 0 Å². The lowest BCUT2D eigenvalue weighted by Crippen LogP contribution is -2.29. The summed E-state index contributed by atoms with van der Waals surface area (Å²) in [6, 6.07) is 0. The van der Waals surface area contributed by atoms with Crippen molar-refractivity contribution < 1.29 is 14.3 Å². The Kier molecular flexibility index (Phi) is 6.48. The number of hydrogen-bond acceptors (Lipinski definition) is 3. The van der Waals surface area contributed by atoms with Crippen molar-refractivity contribution in [3.8, 4) is 0 Å². The molecule has 0 aliphatic heterocycles. The summed E-state index contributed by atoms with van der Waals surface area (Å²) in [5.74, 6) is -0.229. The van der Waals surface area contributed by atoms with Crippen molar-refractivity contribution in [1.29, 1.82) is 0 Å². The van der Waals surface area contributed by atoms with Crippen molar-refractivity contribution in [1.82, 2.24) is 0 Å². The minimum absolute atomic E-state index is 0.229. The number of hydrogen-bond donors (Lipinski definition) is 2. The molecule has 0 aromatic rings. The van der Waals surface area contributed by atoms with Crippen LogP contribution in [0.4, 0.5) is 0 Å². The first kappa shape index (κ1) is 14.0. The topological polar surface area (TPSA) is 35.5 Å². The van der Waals surface area contributed by atoms with Crippen molar-refractivity contribution in [2.45, 2.75) is 32.4 Å². The predicted molar refractivity (Wildman–Crippen MR) is 65.3 cm³/mol. The van der Waals surface area contributed by atoms with Gasteiger partial charge in [-0.25, -0.2) is 0 Å². The number of esters is 1. The average molecular weight is 238 g/mol. The molecule has 0 fully saturated rings. The SMILES string of the molecule is CCOC(=O)C(C)(C)[SH]=C(S)OCC. The molecule has 0 aromatic carbocycles. The number of carbonyl (C=O) groups excluding carboxylic acids is 1. The van der Waals surface area contributed by atoms with E-state index in [-0.39, 0.29) is 5.97 Å². The maximum atomic E-state index is 11.5. The summed E-state index contributed by atoms with van der Waals surface area (Å²) in [6.45, 7) is 8.24. The van der Waals surface area contributed by atoms with Gasteiger partial charge in [-0.05, 0) is 27.7 Å². The molecule has 0 bridgehead atoms. The second kappa shape index (κ2) is 6.48. The zero-order valence-corrected chi connectivity index (χ0v) is 10.8. The van der Waals surface area contributed by atoms with Gasteiger partial charge in [-0.1, -0.05) is 0 Å². The maximum absolute atomic E-state index is 11.5. The molecule has 0 aliphatic carbocycles. The first-order chi connectivity index (χ1) is 6.44. The van der Waals surface area contributed by atoms with Crippen molar-refractivity contribution in [2.24, 2.45) is 0 Å². The molecule has 84 valence electrons. The van der Waals surface area contributed by atoms with E-state index in [1.165, 1.54) is 0 Å². The zero-order chi connectivity index (χ0) is 11.2. The molecule has 0 heterocycles. The maximum Gasteiger partial charge on any atom is 0.320 e. The minimum atomic E-state index is -0.595. The molecule has 0 unspecified atom stereocenters. The summed E-state index contributed by atoms with van der Waals surface area (Å²) in [4.78, 5) is 11.5. The molecule has 0 saturated heterocycles. The Morgan fingerprint density at radius 1 is 1.29 bits per heavy atom. The van der Waals surface area contributed by atoms with Crippen LogP contribution in [-0.2, 0) is 14.3 Å². The van der Waals surface area contributed by atoms with E-state index in [1.807, 2.05) is 20.8 Å². The number of ether oxygens (including phenoxy) is 2. The van der Waals surface area contributed by atoms with Crippen molar-refractivity contribution in [3.05, 3.63) is 0 Å². The standard InChI is InChI=1S/C9H18O3S2/c1-5-11-7(10)9(3,4)14-8(13)12-6-2/h13-14H,5-6H2,1-4H3. The van der Waals surface area contributed by atoms with E-state index < -0.39 is 4.75 Å². The minimum Gasteiger partial charge on any atom is -0.465 e. The Morgan fingerprint density at radius 2 is 1.79 bits per heavy atom. The summed E-state index contributed by atoms with van der Waals surface area (Å²) < 4.78 is 10.1. The highest BCUT2D eigenvalue weighted by Gasteiger charge is 2.26. The van der Waals surface area contributed by atoms with Crippen LogP contribution < -0.4 is 0 Å². The summed E-state index contributed by atoms with van der Waals surface area (Å²) >= 11 is 4.88. The van der Waals surface area contributed by atoms with Gasteiger partial charge in [0, 0.05) is 0 Å². The lowest BCUT2D eigenvalue weighted by Gasteiger charge is -2.18. The van der Waals surface area contributed by atoms with Crippen LogP contribution >= 0.6 is 24.0 Å². The molecule has 0 radical (unpaired) electrons. The van der Waals surface area contributed by atoms with Gasteiger partial charge in [-0.2, -0.15) is 0 Å². The van der Waals surface area contributed by atoms with E-state index in [0.717, 1.165) is 11.4 Å². The van der Waals surface area contributed by atoms with E-state index in [2.05, 4.69) is 12.6 Å². The van der Waals surface area contributed by atoms with E-state index in [1.54, 1.807) is 6.92 Å². The van der Waals surface area contributed by atoms with Gasteiger partial charge in [0.05, 0.1) is 13.2 Å². The molecule has 0 spiro atoms. The van der Waals surface area contributed by atoms with Gasteiger partial charge >= 0.3 is 5.97 Å². The fraction of sp³-hybridized carbons (Fsp3) is 0.778. The van der Waals surface area contributed by atoms with Crippen molar-refractivity contribution >= 4 is 34.3 Å². The normalized spacial score (nSPS) is 13.4. The zero-order valence-electron chi connectivity index (χ0n) is 9.03. The van der Waals surface area contributed by atoms with Crippen LogP contribution in [-0.4, -0.2) is 28.3 Å². The molecule has 0 rings (SSSR count). The third-order valence-corrected chi connectivity index (χ3v) is 2.91. The van der Waals surface area contributed by atoms with E-state index in [9.17, 15) is 4.79 Å². The smallest absolute Gasteiger partial charge is 0.320 e. The van der Waals surface area contributed by atoms with Gasteiger partial charge in [0.2, 0.25) is 0 Å². The Labute approximate surface area is 94.5 Å². The summed E-state index contributed by atoms with van der Waals surface area (Å²) in [5, 5.41) is 0. The fourth-order valence-electron chi connectivity index (χ4n) is 0.754. The predicted octanol–water partition coefficient (Wildman–Crippen LogP) is 1.85. The molecular formula is C9H18O3S2. The Balaban J connectivity index is 4.45. The lowest BCUT2D eigenvalue weighted by atomic mass is 10.2. The monoisotopic (exact) mass is 238 g/mol. The van der Waals surface area contributed by atoms with Crippen molar-refractivity contribution in [3.63, 3.8) is 0 Å². The number of carbonyl (C=O) groups is 1. The van der Waals surface area contributed by atoms with Crippen LogP contribution in [0.25, 0.3) is 0 Å². The van der Waals surface area contributed by atoms with Crippen LogP contribution in [0.5, 0.6) is 0 Å². The van der Waals surface area contributed by atoms with Gasteiger partial charge in [0.1, 0.15) is 9.13 Å². The molecule has 0 N–H and O–H groups in total. The first-order valence-corrected chi connectivity index (χ1v) is 5.87. The molecule has 5 heteroatoms. The van der Waals surface area contributed by atoms with E-state index >= 15 is 0 Å². The third kappa shape index (κ3) is 5.02. The summed E-state index contributed by atoms with van der Waals surface area (Å²) in [6.07, 6.45) is 0. The van der Waals surface area contributed by atoms with Gasteiger partial charge in [0.15, 0.2) is 0 Å². The summed E-state index contributed by atoms with van der Waals surface area (Å²) in [7, 11) is 0. The van der Waals surface area contributed by atoms with Crippen molar-refractivity contribution in [2.75, 3.05) is 13.2 Å². The molecule has 0 aliphatic rings. The Hall–Kier alpha value is -0.0000000000000000763. The van der Waals surface area contributed by atoms with Gasteiger partial charge in [-0.3, -0.25) is 4.79 Å². The third-order valence-electron chi connectivity index (χ3n) is 1.42. The number of thiol groups is 2. The van der Waals surface area contributed by atoms with Crippen LogP contribution in [0.3, 0.4) is 0 Å². The van der Waals surface area contributed by atoms with E-state index in [4.69, 9.17) is 9.47 Å². The van der Waals surface area contributed by atoms with Crippen LogP contribution in [0, 0.1) is 0 Å². The highest BCUT2D eigenvalue weighted by molar-refractivity contribution is 8.18. The molecule has 0 saturated carbocycles. The molecule has 0 aromatic heterocycles.